The summed E-state index contributed by atoms with van der Waals surface area (Å²) in [7, 11) is 0. The SMILES string of the molecule is N[C@@H](CC1=CCC(O)(F)C=C1)C(=O)O. The molecule has 0 radical (unpaired) electrons. The lowest BCUT2D eigenvalue weighted by atomic mass is 9.98. The quantitative estimate of drug-likeness (QED) is 0.614. The highest BCUT2D eigenvalue weighted by Crippen LogP contribution is 2.23. The third-order valence-electron chi connectivity index (χ3n) is 1.98. The van der Waals surface area contributed by atoms with E-state index in [0.717, 1.165) is 6.08 Å². The fraction of sp³-hybridized carbons (Fsp3) is 0.444. The van der Waals surface area contributed by atoms with Crippen LogP contribution in [0, 0.1) is 0 Å². The number of allylic oxidation sites excluding steroid dienone is 1. The number of carboxylic acids is 1. The van der Waals surface area contributed by atoms with Gasteiger partial charge in [-0.25, -0.2) is 4.39 Å². The number of aliphatic carboxylic acids is 1. The summed E-state index contributed by atoms with van der Waals surface area (Å²) in [5, 5.41) is 17.4. The Labute approximate surface area is 80.5 Å². The van der Waals surface area contributed by atoms with Crippen LogP contribution in [-0.4, -0.2) is 28.1 Å². The van der Waals surface area contributed by atoms with Crippen molar-refractivity contribution in [2.45, 2.75) is 24.7 Å². The molecule has 0 aliphatic heterocycles. The fourth-order valence-electron chi connectivity index (χ4n) is 1.14. The molecule has 0 spiro atoms. The normalized spacial score (nSPS) is 28.4. The van der Waals surface area contributed by atoms with Crippen LogP contribution in [0.5, 0.6) is 0 Å². The molecule has 2 atom stereocenters. The standard InChI is InChI=1S/C9H12FNO3/c10-9(14)3-1-6(2-4-9)5-7(11)8(12)13/h1-3,7,14H,4-5,11H2,(H,12,13)/t7-,9?/m0/s1. The van der Waals surface area contributed by atoms with Gasteiger partial charge >= 0.3 is 5.97 Å². The van der Waals surface area contributed by atoms with Gasteiger partial charge in [-0.1, -0.05) is 12.2 Å². The van der Waals surface area contributed by atoms with Crippen molar-refractivity contribution in [3.8, 4) is 0 Å². The Balaban J connectivity index is 2.54. The average Bonchev–Trinajstić information content (AvgIpc) is 2.08. The molecule has 0 aromatic carbocycles. The molecular formula is C9H12FNO3. The van der Waals surface area contributed by atoms with E-state index in [1.54, 1.807) is 0 Å². The van der Waals surface area contributed by atoms with Crippen molar-refractivity contribution < 1.29 is 19.4 Å². The van der Waals surface area contributed by atoms with Gasteiger partial charge in [0.1, 0.15) is 6.04 Å². The summed E-state index contributed by atoms with van der Waals surface area (Å²) in [5.41, 5.74) is 5.91. The second-order valence-electron chi connectivity index (χ2n) is 3.28. The molecule has 14 heavy (non-hydrogen) atoms. The van der Waals surface area contributed by atoms with Gasteiger partial charge in [-0.05, 0) is 18.1 Å². The molecule has 1 aliphatic rings. The smallest absolute Gasteiger partial charge is 0.320 e. The molecule has 1 rings (SSSR count). The van der Waals surface area contributed by atoms with Gasteiger partial charge in [-0.3, -0.25) is 4.79 Å². The van der Waals surface area contributed by atoms with Gasteiger partial charge in [-0.2, -0.15) is 0 Å². The van der Waals surface area contributed by atoms with Crippen molar-refractivity contribution in [3.63, 3.8) is 0 Å². The van der Waals surface area contributed by atoms with Crippen LogP contribution in [0.25, 0.3) is 0 Å². The molecule has 4 N–H and O–H groups in total. The zero-order valence-electron chi connectivity index (χ0n) is 7.48. The minimum absolute atomic E-state index is 0.141. The Bertz CT molecular complexity index is 296. The van der Waals surface area contributed by atoms with Gasteiger partial charge in [0, 0.05) is 6.42 Å². The highest BCUT2D eigenvalue weighted by atomic mass is 19.2. The number of rotatable bonds is 3. The highest BCUT2D eigenvalue weighted by Gasteiger charge is 2.24. The number of halogens is 1. The van der Waals surface area contributed by atoms with Crippen LogP contribution in [0.2, 0.25) is 0 Å². The van der Waals surface area contributed by atoms with Crippen molar-refractivity contribution in [1.29, 1.82) is 0 Å². The summed E-state index contributed by atoms with van der Waals surface area (Å²) in [6.45, 7) is 0. The van der Waals surface area contributed by atoms with Crippen LogP contribution in [0.3, 0.4) is 0 Å². The van der Waals surface area contributed by atoms with E-state index in [4.69, 9.17) is 15.9 Å². The van der Waals surface area contributed by atoms with Gasteiger partial charge < -0.3 is 15.9 Å². The van der Waals surface area contributed by atoms with E-state index in [0.29, 0.717) is 5.57 Å². The zero-order chi connectivity index (χ0) is 10.8. The van der Waals surface area contributed by atoms with Gasteiger partial charge in [0.15, 0.2) is 0 Å². The molecule has 0 saturated carbocycles. The predicted molar refractivity (Wildman–Crippen MR) is 48.1 cm³/mol. The number of alkyl halides is 1. The number of carbonyl (C=O) groups is 1. The molecule has 0 heterocycles. The van der Waals surface area contributed by atoms with Crippen molar-refractivity contribution in [2.24, 2.45) is 5.73 Å². The summed E-state index contributed by atoms with van der Waals surface area (Å²) >= 11 is 0. The monoisotopic (exact) mass is 201 g/mol. The second-order valence-corrected chi connectivity index (χ2v) is 3.28. The molecule has 4 nitrogen and oxygen atoms in total. The zero-order valence-corrected chi connectivity index (χ0v) is 7.48. The van der Waals surface area contributed by atoms with Gasteiger partial charge in [0.2, 0.25) is 5.85 Å². The lowest BCUT2D eigenvalue weighted by Crippen LogP contribution is -2.31. The molecule has 0 aromatic rings. The Morgan fingerprint density at radius 1 is 1.79 bits per heavy atom. The minimum Gasteiger partial charge on any atom is -0.480 e. The van der Waals surface area contributed by atoms with E-state index in [9.17, 15) is 9.18 Å². The lowest BCUT2D eigenvalue weighted by molar-refractivity contribution is -0.138. The first-order chi connectivity index (χ1) is 6.41. The maximum atomic E-state index is 12.8. The predicted octanol–water partition coefficient (Wildman–Crippen LogP) is 0.333. The molecule has 0 saturated heterocycles. The first-order valence-electron chi connectivity index (χ1n) is 4.19. The molecule has 0 bridgehead atoms. The fourth-order valence-corrected chi connectivity index (χ4v) is 1.14. The van der Waals surface area contributed by atoms with Crippen LogP contribution >= 0.6 is 0 Å². The maximum absolute atomic E-state index is 12.8. The molecule has 1 aliphatic carbocycles. The topological polar surface area (TPSA) is 83.5 Å². The van der Waals surface area contributed by atoms with E-state index < -0.39 is 17.9 Å². The number of nitrogens with two attached hydrogens (primary N) is 1. The van der Waals surface area contributed by atoms with Gasteiger partial charge in [-0.15, -0.1) is 0 Å². The number of carboxylic acid groups (broad SMARTS) is 1. The van der Waals surface area contributed by atoms with E-state index >= 15 is 0 Å². The largest absolute Gasteiger partial charge is 0.480 e. The van der Waals surface area contributed by atoms with E-state index in [2.05, 4.69) is 0 Å². The van der Waals surface area contributed by atoms with Crippen molar-refractivity contribution in [1.82, 2.24) is 0 Å². The summed E-state index contributed by atoms with van der Waals surface area (Å²) < 4.78 is 12.8. The number of aliphatic hydroxyl groups is 1. The molecule has 0 aromatic heterocycles. The molecule has 78 valence electrons. The summed E-state index contributed by atoms with van der Waals surface area (Å²) in [6, 6.07) is -0.989. The van der Waals surface area contributed by atoms with Crippen LogP contribution in [0.15, 0.2) is 23.8 Å². The summed E-state index contributed by atoms with van der Waals surface area (Å²) in [5.74, 6) is -3.41. The molecule has 0 fully saturated rings. The van der Waals surface area contributed by atoms with Crippen molar-refractivity contribution in [2.75, 3.05) is 0 Å². The van der Waals surface area contributed by atoms with Crippen LogP contribution in [0.4, 0.5) is 4.39 Å². The van der Waals surface area contributed by atoms with Crippen LogP contribution < -0.4 is 5.73 Å². The molecule has 5 heteroatoms. The Morgan fingerprint density at radius 2 is 2.43 bits per heavy atom. The second kappa shape index (κ2) is 3.89. The Hall–Kier alpha value is -1.20. The van der Waals surface area contributed by atoms with E-state index in [1.165, 1.54) is 12.2 Å². The third kappa shape index (κ3) is 2.93. The van der Waals surface area contributed by atoms with Gasteiger partial charge in [0.25, 0.3) is 0 Å². The van der Waals surface area contributed by atoms with E-state index in [-0.39, 0.29) is 12.8 Å². The molecule has 1 unspecified atom stereocenters. The summed E-state index contributed by atoms with van der Waals surface area (Å²) in [4.78, 5) is 10.4. The highest BCUT2D eigenvalue weighted by molar-refractivity contribution is 5.73. The number of hydrogen-bond donors (Lipinski definition) is 3. The summed E-state index contributed by atoms with van der Waals surface area (Å²) in [6.07, 6.45) is 3.78. The third-order valence-corrected chi connectivity index (χ3v) is 1.98. The maximum Gasteiger partial charge on any atom is 0.320 e. The van der Waals surface area contributed by atoms with Crippen molar-refractivity contribution >= 4 is 5.97 Å². The molecular weight excluding hydrogens is 189 g/mol. The van der Waals surface area contributed by atoms with E-state index in [1.807, 2.05) is 0 Å². The number of hydrogen-bond acceptors (Lipinski definition) is 3. The van der Waals surface area contributed by atoms with Gasteiger partial charge in [0.05, 0.1) is 0 Å². The average molecular weight is 201 g/mol. The lowest BCUT2D eigenvalue weighted by Gasteiger charge is -2.18. The van der Waals surface area contributed by atoms with Crippen molar-refractivity contribution in [3.05, 3.63) is 23.8 Å². The first-order valence-corrected chi connectivity index (χ1v) is 4.19. The Kier molecular flexibility index (Phi) is 3.03. The minimum atomic E-state index is -2.31. The van der Waals surface area contributed by atoms with Crippen LogP contribution in [-0.2, 0) is 4.79 Å². The molecule has 0 amide bonds. The van der Waals surface area contributed by atoms with Crippen LogP contribution in [0.1, 0.15) is 12.8 Å². The first kappa shape index (κ1) is 10.9. The Morgan fingerprint density at radius 3 is 2.86 bits per heavy atom.